The van der Waals surface area contributed by atoms with E-state index in [2.05, 4.69) is 18.6 Å². The van der Waals surface area contributed by atoms with E-state index in [0.717, 1.165) is 18.4 Å². The Kier molecular flexibility index (Phi) is 5.53. The van der Waals surface area contributed by atoms with Crippen molar-refractivity contribution in [1.82, 2.24) is 9.29 Å². The molecule has 0 aliphatic heterocycles. The van der Waals surface area contributed by atoms with Gasteiger partial charge in [-0.25, -0.2) is 17.9 Å². The molecule has 0 fully saturated rings. The van der Waals surface area contributed by atoms with Crippen LogP contribution in [-0.4, -0.2) is 13.0 Å². The second-order valence-corrected chi connectivity index (χ2v) is 8.36. The smallest absolute Gasteiger partial charge is 0.408 e. The average Bonchev–Trinajstić information content (AvgIpc) is 2.96. The van der Waals surface area contributed by atoms with Crippen LogP contribution in [0.15, 0.2) is 62.6 Å². The molecule has 27 heavy (non-hydrogen) atoms. The van der Waals surface area contributed by atoms with Gasteiger partial charge >= 0.3 is 5.76 Å². The number of aryl methyl sites for hydroxylation is 1. The van der Waals surface area contributed by atoms with E-state index in [-0.39, 0.29) is 22.4 Å². The maximum atomic E-state index is 13.0. The lowest BCUT2D eigenvalue weighted by atomic mass is 9.90. The van der Waals surface area contributed by atoms with Crippen LogP contribution in [0.2, 0.25) is 0 Å². The van der Waals surface area contributed by atoms with E-state index >= 15 is 0 Å². The summed E-state index contributed by atoms with van der Waals surface area (Å²) in [5.74, 6) is -0.354. The van der Waals surface area contributed by atoms with Crippen LogP contribution >= 0.6 is 0 Å². The minimum absolute atomic E-state index is 0.0798. The van der Waals surface area contributed by atoms with Crippen LogP contribution < -0.4 is 10.5 Å². The fourth-order valence-corrected chi connectivity index (χ4v) is 4.68. The number of oxazole rings is 1. The van der Waals surface area contributed by atoms with Gasteiger partial charge < -0.3 is 4.42 Å². The summed E-state index contributed by atoms with van der Waals surface area (Å²) in [6, 6.07) is 13.7. The molecule has 144 valence electrons. The molecule has 0 radical (unpaired) electrons. The van der Waals surface area contributed by atoms with Crippen LogP contribution in [0.3, 0.4) is 0 Å². The zero-order chi connectivity index (χ0) is 19.6. The highest BCUT2D eigenvalue weighted by molar-refractivity contribution is 7.89. The van der Waals surface area contributed by atoms with Crippen molar-refractivity contribution >= 4 is 21.1 Å². The maximum absolute atomic E-state index is 13.0. The van der Waals surface area contributed by atoms with E-state index in [1.54, 1.807) is 13.1 Å². The standard InChI is InChI=1S/C20H24N2O4S/c1-4-14(5-2)19(15-9-7-6-8-10-15)21-27(24,25)16-11-12-17-18(13-16)26-20(23)22(17)3/h6-14,19,21H,4-5H2,1-3H3/t19-/m0/s1. The summed E-state index contributed by atoms with van der Waals surface area (Å²) >= 11 is 0. The van der Waals surface area contributed by atoms with Crippen LogP contribution in [0.5, 0.6) is 0 Å². The lowest BCUT2D eigenvalue weighted by Gasteiger charge is -2.26. The predicted molar refractivity (Wildman–Crippen MR) is 105 cm³/mol. The first-order valence-electron chi connectivity index (χ1n) is 9.04. The van der Waals surface area contributed by atoms with E-state index in [4.69, 9.17) is 4.42 Å². The van der Waals surface area contributed by atoms with Gasteiger partial charge in [0.05, 0.1) is 10.4 Å². The Morgan fingerprint density at radius 3 is 2.37 bits per heavy atom. The molecule has 0 spiro atoms. The van der Waals surface area contributed by atoms with Gasteiger partial charge in [0.1, 0.15) is 0 Å². The molecule has 0 bridgehead atoms. The summed E-state index contributed by atoms with van der Waals surface area (Å²) in [5, 5.41) is 0. The Labute approximate surface area is 158 Å². The van der Waals surface area contributed by atoms with Crippen molar-refractivity contribution in [3.8, 4) is 0 Å². The van der Waals surface area contributed by atoms with Gasteiger partial charge in [-0.2, -0.15) is 0 Å². The number of benzene rings is 2. The van der Waals surface area contributed by atoms with Gasteiger partial charge in [-0.15, -0.1) is 0 Å². The fraction of sp³-hybridized carbons (Fsp3) is 0.350. The van der Waals surface area contributed by atoms with Crippen LogP contribution in [-0.2, 0) is 17.1 Å². The SMILES string of the molecule is CCC(CC)[C@H](NS(=O)(=O)c1ccc2c(c1)oc(=O)n2C)c1ccccc1. The first-order chi connectivity index (χ1) is 12.9. The topological polar surface area (TPSA) is 81.3 Å². The highest BCUT2D eigenvalue weighted by Gasteiger charge is 2.27. The van der Waals surface area contributed by atoms with Gasteiger partial charge in [0.15, 0.2) is 5.58 Å². The third-order valence-corrected chi connectivity index (χ3v) is 6.47. The average molecular weight is 388 g/mol. The third-order valence-electron chi connectivity index (χ3n) is 5.04. The summed E-state index contributed by atoms with van der Waals surface area (Å²) in [6.45, 7) is 4.12. The molecular weight excluding hydrogens is 364 g/mol. The monoisotopic (exact) mass is 388 g/mol. The van der Waals surface area contributed by atoms with Crippen molar-refractivity contribution in [3.63, 3.8) is 0 Å². The Balaban J connectivity index is 2.00. The van der Waals surface area contributed by atoms with E-state index in [0.29, 0.717) is 5.52 Å². The molecular formula is C20H24N2O4S. The molecule has 2 aromatic carbocycles. The van der Waals surface area contributed by atoms with E-state index in [1.807, 2.05) is 30.3 Å². The van der Waals surface area contributed by atoms with Gasteiger partial charge in [-0.1, -0.05) is 57.0 Å². The summed E-state index contributed by atoms with van der Waals surface area (Å²) in [6.07, 6.45) is 1.70. The van der Waals surface area contributed by atoms with Crippen molar-refractivity contribution in [2.45, 2.75) is 37.6 Å². The van der Waals surface area contributed by atoms with Gasteiger partial charge in [0, 0.05) is 19.2 Å². The zero-order valence-corrected chi connectivity index (χ0v) is 16.5. The Morgan fingerprint density at radius 2 is 1.74 bits per heavy atom. The Bertz CT molecular complexity index is 1080. The van der Waals surface area contributed by atoms with Crippen LogP contribution in [0.4, 0.5) is 0 Å². The molecule has 0 unspecified atom stereocenters. The minimum atomic E-state index is -3.79. The first kappa shape index (κ1) is 19.4. The molecule has 1 aromatic heterocycles. The molecule has 1 heterocycles. The molecule has 7 heteroatoms. The fourth-order valence-electron chi connectivity index (χ4n) is 3.37. The van der Waals surface area contributed by atoms with Crippen molar-refractivity contribution in [2.75, 3.05) is 0 Å². The van der Waals surface area contributed by atoms with E-state index in [1.165, 1.54) is 16.7 Å². The quantitative estimate of drug-likeness (QED) is 0.671. The lowest BCUT2D eigenvalue weighted by Crippen LogP contribution is -2.33. The van der Waals surface area contributed by atoms with Crippen LogP contribution in [0.1, 0.15) is 38.3 Å². The van der Waals surface area contributed by atoms with E-state index < -0.39 is 15.8 Å². The molecule has 3 rings (SSSR count). The first-order valence-corrected chi connectivity index (χ1v) is 10.5. The molecule has 6 nitrogen and oxygen atoms in total. The van der Waals surface area contributed by atoms with Crippen molar-refractivity contribution < 1.29 is 12.8 Å². The molecule has 0 aliphatic carbocycles. The van der Waals surface area contributed by atoms with Crippen LogP contribution in [0.25, 0.3) is 11.1 Å². The Hall–Kier alpha value is -2.38. The molecule has 0 amide bonds. The summed E-state index contributed by atoms with van der Waals surface area (Å²) in [5.41, 5.74) is 1.74. The largest absolute Gasteiger partial charge is 0.419 e. The number of nitrogens with zero attached hydrogens (tertiary/aromatic N) is 1. The van der Waals surface area contributed by atoms with Gasteiger partial charge in [-0.05, 0) is 23.6 Å². The lowest BCUT2D eigenvalue weighted by molar-refractivity contribution is 0.378. The predicted octanol–water partition coefficient (Wildman–Crippen LogP) is 3.59. The number of hydrogen-bond acceptors (Lipinski definition) is 4. The van der Waals surface area contributed by atoms with Crippen molar-refractivity contribution in [3.05, 3.63) is 64.6 Å². The third kappa shape index (κ3) is 3.84. The zero-order valence-electron chi connectivity index (χ0n) is 15.7. The number of sulfonamides is 1. The molecule has 0 aliphatic rings. The Morgan fingerprint density at radius 1 is 1.07 bits per heavy atom. The summed E-state index contributed by atoms with van der Waals surface area (Å²) in [7, 11) is -2.21. The minimum Gasteiger partial charge on any atom is -0.408 e. The number of fused-ring (bicyclic) bond motifs is 1. The number of rotatable bonds is 7. The number of aromatic nitrogens is 1. The summed E-state index contributed by atoms with van der Waals surface area (Å²) in [4.78, 5) is 11.7. The van der Waals surface area contributed by atoms with Gasteiger partial charge in [0.2, 0.25) is 10.0 Å². The number of nitrogens with one attached hydrogen (secondary N) is 1. The second kappa shape index (κ2) is 7.70. The molecule has 3 aromatic rings. The van der Waals surface area contributed by atoms with E-state index in [9.17, 15) is 13.2 Å². The normalized spacial score (nSPS) is 13.3. The highest BCUT2D eigenvalue weighted by Crippen LogP contribution is 2.29. The van der Waals surface area contributed by atoms with Crippen molar-refractivity contribution in [1.29, 1.82) is 0 Å². The molecule has 0 saturated heterocycles. The highest BCUT2D eigenvalue weighted by atomic mass is 32.2. The molecule has 1 N–H and O–H groups in total. The maximum Gasteiger partial charge on any atom is 0.419 e. The van der Waals surface area contributed by atoms with Crippen molar-refractivity contribution in [2.24, 2.45) is 13.0 Å². The van der Waals surface area contributed by atoms with Gasteiger partial charge in [0.25, 0.3) is 0 Å². The number of hydrogen-bond donors (Lipinski definition) is 1. The molecule has 1 atom stereocenters. The second-order valence-electron chi connectivity index (χ2n) is 6.64. The summed E-state index contributed by atoms with van der Waals surface area (Å²) < 4.78 is 35.4. The molecule has 0 saturated carbocycles. The van der Waals surface area contributed by atoms with Crippen LogP contribution in [0, 0.1) is 5.92 Å². The van der Waals surface area contributed by atoms with Gasteiger partial charge in [-0.3, -0.25) is 4.57 Å².